The number of fused-ring (bicyclic) bond motifs is 3. The number of phenols is 1. The largest absolute Gasteiger partial charge is 0.510 e. The Balaban J connectivity index is 1.73. The van der Waals surface area contributed by atoms with E-state index in [0.717, 1.165) is 5.56 Å². The number of nitrogens with zero attached hydrogens (tertiary/aromatic N) is 3. The lowest BCUT2D eigenvalue weighted by atomic mass is 9.58. The van der Waals surface area contributed by atoms with Crippen LogP contribution in [0.1, 0.15) is 27.9 Å². The molecule has 0 bridgehead atoms. The number of primary amides is 1. The van der Waals surface area contributed by atoms with E-state index in [0.29, 0.717) is 28.9 Å². The van der Waals surface area contributed by atoms with Gasteiger partial charge < -0.3 is 36.0 Å². The second kappa shape index (κ2) is 10.5. The van der Waals surface area contributed by atoms with Crippen LogP contribution >= 0.6 is 0 Å². The highest BCUT2D eigenvalue weighted by atomic mass is 16.3. The Kier molecular flexibility index (Phi) is 7.40. The van der Waals surface area contributed by atoms with Crippen LogP contribution < -0.4 is 10.6 Å². The zero-order chi connectivity index (χ0) is 31.7. The predicted molar refractivity (Wildman–Crippen MR) is 161 cm³/mol. The van der Waals surface area contributed by atoms with E-state index in [4.69, 9.17) is 5.73 Å². The normalized spacial score (nSPS) is 25.2. The zero-order valence-electron chi connectivity index (χ0n) is 25.2. The minimum atomic E-state index is -2.68. The third kappa shape index (κ3) is 4.50. The molecule has 5 rings (SSSR count). The van der Waals surface area contributed by atoms with E-state index in [1.807, 2.05) is 68.3 Å². The highest BCUT2D eigenvalue weighted by molar-refractivity contribution is 6.25. The number of aliphatic hydroxyl groups excluding tert-OH is 2. The number of nitrogens with two attached hydrogens (primary N) is 1. The van der Waals surface area contributed by atoms with Crippen LogP contribution in [-0.4, -0.2) is 102 Å². The van der Waals surface area contributed by atoms with Crippen LogP contribution in [0.4, 0.5) is 5.69 Å². The van der Waals surface area contributed by atoms with Gasteiger partial charge in [-0.05, 0) is 75.8 Å². The molecule has 2 aromatic rings. The number of anilines is 1. The van der Waals surface area contributed by atoms with Crippen molar-refractivity contribution < 1.29 is 34.8 Å². The second-order valence-corrected chi connectivity index (χ2v) is 12.4. The van der Waals surface area contributed by atoms with Gasteiger partial charge >= 0.3 is 0 Å². The number of phenolic OH excluding ortho intramolecular Hbond substituents is 1. The Hall–Kier alpha value is -4.19. The van der Waals surface area contributed by atoms with Crippen molar-refractivity contribution in [2.75, 3.05) is 47.2 Å². The highest BCUT2D eigenvalue weighted by Gasteiger charge is 2.63. The topological polar surface area (TPSA) is 168 Å². The molecule has 0 saturated carbocycles. The van der Waals surface area contributed by atoms with Gasteiger partial charge in [-0.3, -0.25) is 19.3 Å². The highest BCUT2D eigenvalue weighted by Crippen LogP contribution is 2.54. The molecule has 0 aromatic heterocycles. The number of hydrogen-bond acceptors (Lipinski definition) is 10. The van der Waals surface area contributed by atoms with E-state index < -0.39 is 58.0 Å². The lowest BCUT2D eigenvalue weighted by Gasteiger charge is -2.50. The van der Waals surface area contributed by atoms with Crippen molar-refractivity contribution in [3.8, 4) is 16.9 Å². The fourth-order valence-corrected chi connectivity index (χ4v) is 7.12. The fraction of sp³-hybridized carbons (Fsp3) is 0.406. The smallest absolute Gasteiger partial charge is 0.255 e. The molecule has 0 saturated heterocycles. The summed E-state index contributed by atoms with van der Waals surface area (Å²) in [6.07, 6.45) is 0.254. The molecule has 3 aliphatic carbocycles. The summed E-state index contributed by atoms with van der Waals surface area (Å²) in [4.78, 5) is 45.5. The van der Waals surface area contributed by atoms with Crippen molar-refractivity contribution in [2.24, 2.45) is 17.6 Å². The first-order valence-electron chi connectivity index (χ1n) is 14.1. The number of Topliss-reactive ketones (excluding diaryl/α,β-unsaturated/α-hetero) is 2. The first kappa shape index (κ1) is 30.3. The van der Waals surface area contributed by atoms with Crippen LogP contribution in [0.25, 0.3) is 11.1 Å². The molecule has 0 unspecified atom stereocenters. The number of carbonyl (C=O) groups excluding carboxylic acids is 3. The van der Waals surface area contributed by atoms with E-state index in [9.17, 15) is 34.8 Å². The number of benzene rings is 2. The van der Waals surface area contributed by atoms with Gasteiger partial charge in [0.2, 0.25) is 5.78 Å². The van der Waals surface area contributed by atoms with E-state index in [2.05, 4.69) is 0 Å². The number of aliphatic hydroxyl groups is 3. The fourth-order valence-electron chi connectivity index (χ4n) is 7.12. The summed E-state index contributed by atoms with van der Waals surface area (Å²) >= 11 is 0. The Morgan fingerprint density at radius 3 is 2.30 bits per heavy atom. The second-order valence-electron chi connectivity index (χ2n) is 12.4. The van der Waals surface area contributed by atoms with Gasteiger partial charge in [0.1, 0.15) is 22.8 Å². The van der Waals surface area contributed by atoms with Crippen LogP contribution in [0.15, 0.2) is 53.0 Å². The van der Waals surface area contributed by atoms with Crippen LogP contribution in [0.5, 0.6) is 5.75 Å². The monoisotopic (exact) mass is 590 g/mol. The molecule has 0 heterocycles. The standard InChI is InChI=1S/C32H38N4O7/c1-34(2)14-15-8-7-9-16(10-15)18-13-21(35(3)4)19-11-17-12-20-25(36(5)6)28(39)24(31(33)42)30(41)32(20,43)29(40)22(17)27(38)23(19)26(18)37/h7-10,13,17,20,25,37,39-40,43H,11-12,14H2,1-6H3,(H2,33,42)/t17-,20-,25-,32-/m0/s1. The average molecular weight is 591 g/mol. The Labute approximate surface area is 250 Å². The van der Waals surface area contributed by atoms with E-state index in [1.54, 1.807) is 14.1 Å². The van der Waals surface area contributed by atoms with Gasteiger partial charge in [0.25, 0.3) is 5.91 Å². The molecule has 11 heteroatoms. The maximum Gasteiger partial charge on any atom is 0.255 e. The number of aromatic hydroxyl groups is 1. The van der Waals surface area contributed by atoms with Crippen LogP contribution in [0.2, 0.25) is 0 Å². The zero-order valence-corrected chi connectivity index (χ0v) is 25.2. The van der Waals surface area contributed by atoms with Gasteiger partial charge in [0, 0.05) is 43.4 Å². The number of carbonyl (C=O) groups is 3. The molecule has 3 aliphatic rings. The molecule has 1 amide bonds. The molecule has 0 aliphatic heterocycles. The number of hydrogen-bond donors (Lipinski definition) is 5. The number of amides is 1. The van der Waals surface area contributed by atoms with Gasteiger partial charge in [-0.15, -0.1) is 0 Å². The molecular weight excluding hydrogens is 552 g/mol. The summed E-state index contributed by atoms with van der Waals surface area (Å²) in [6, 6.07) is 8.42. The van der Waals surface area contributed by atoms with Gasteiger partial charge in [0.15, 0.2) is 11.4 Å². The van der Waals surface area contributed by atoms with Crippen molar-refractivity contribution in [2.45, 2.75) is 31.0 Å². The molecule has 43 heavy (non-hydrogen) atoms. The first-order valence-corrected chi connectivity index (χ1v) is 14.1. The summed E-state index contributed by atoms with van der Waals surface area (Å²) in [5.74, 6) is -6.68. The molecule has 0 radical (unpaired) electrons. The lowest BCUT2D eigenvalue weighted by molar-refractivity contribution is -0.148. The number of rotatable bonds is 6. The molecule has 2 aromatic carbocycles. The van der Waals surface area contributed by atoms with Gasteiger partial charge in [0.05, 0.1) is 11.6 Å². The Morgan fingerprint density at radius 1 is 1.05 bits per heavy atom. The van der Waals surface area contributed by atoms with Gasteiger partial charge in [-0.2, -0.15) is 0 Å². The maximum absolute atomic E-state index is 14.3. The third-order valence-corrected chi connectivity index (χ3v) is 8.92. The number of ketones is 2. The van der Waals surface area contributed by atoms with Crippen LogP contribution in [0.3, 0.4) is 0 Å². The number of allylic oxidation sites excluding steroid dienone is 1. The Morgan fingerprint density at radius 2 is 1.72 bits per heavy atom. The molecular formula is C32H38N4O7. The minimum absolute atomic E-state index is 0.0139. The van der Waals surface area contributed by atoms with Gasteiger partial charge in [-0.25, -0.2) is 0 Å². The van der Waals surface area contributed by atoms with Crippen LogP contribution in [-0.2, 0) is 22.6 Å². The SMILES string of the molecule is CN(C)Cc1cccc(-c2cc(N(C)C)c3c(c2O)C(=O)C2=C(O)[C@]4(O)C(=O)C(C(N)=O)=C(O)[C@@H](N(C)C)[C@@H]4C[C@@H]2C3)c1. The Bertz CT molecular complexity index is 1620. The van der Waals surface area contributed by atoms with Gasteiger partial charge in [-0.1, -0.05) is 18.2 Å². The van der Waals surface area contributed by atoms with Crippen molar-refractivity contribution in [3.05, 3.63) is 69.7 Å². The molecule has 4 atom stereocenters. The first-order chi connectivity index (χ1) is 20.1. The summed E-state index contributed by atoms with van der Waals surface area (Å²) in [6.45, 7) is 0.667. The van der Waals surface area contributed by atoms with Crippen molar-refractivity contribution in [1.29, 1.82) is 0 Å². The summed E-state index contributed by atoms with van der Waals surface area (Å²) in [5, 5.41) is 46.1. The maximum atomic E-state index is 14.3. The third-order valence-electron chi connectivity index (χ3n) is 8.92. The average Bonchev–Trinajstić information content (AvgIpc) is 2.90. The van der Waals surface area contributed by atoms with Crippen LogP contribution in [0, 0.1) is 11.8 Å². The minimum Gasteiger partial charge on any atom is -0.510 e. The van der Waals surface area contributed by atoms with Crippen molar-refractivity contribution in [3.63, 3.8) is 0 Å². The summed E-state index contributed by atoms with van der Waals surface area (Å²) < 4.78 is 0. The molecule has 228 valence electrons. The predicted octanol–water partition coefficient (Wildman–Crippen LogP) is 1.92. The van der Waals surface area contributed by atoms with Crippen molar-refractivity contribution in [1.82, 2.24) is 9.80 Å². The summed E-state index contributed by atoms with van der Waals surface area (Å²) in [7, 11) is 10.8. The molecule has 0 spiro atoms. The quantitative estimate of drug-likeness (QED) is 0.314. The van der Waals surface area contributed by atoms with E-state index in [-0.39, 0.29) is 29.7 Å². The molecule has 11 nitrogen and oxygen atoms in total. The molecule has 6 N–H and O–H groups in total. The van der Waals surface area contributed by atoms with Crippen molar-refractivity contribution >= 4 is 23.2 Å². The van der Waals surface area contributed by atoms with E-state index in [1.165, 1.54) is 4.90 Å². The van der Waals surface area contributed by atoms with E-state index >= 15 is 0 Å². The number of likely N-dealkylation sites (N-methyl/N-ethyl adjacent to an activating group) is 1. The lowest BCUT2D eigenvalue weighted by Crippen LogP contribution is -2.63. The molecule has 0 fully saturated rings. The summed E-state index contributed by atoms with van der Waals surface area (Å²) in [5.41, 5.74) is 5.13.